The van der Waals surface area contributed by atoms with Crippen LogP contribution in [0, 0.1) is 20.8 Å². The zero-order valence-electron chi connectivity index (χ0n) is 11.2. The number of aromatic hydroxyl groups is 1. The van der Waals surface area contributed by atoms with Crippen molar-refractivity contribution >= 4 is 5.69 Å². The van der Waals surface area contributed by atoms with E-state index in [4.69, 9.17) is 4.42 Å². The molecule has 2 N–H and O–H groups in total. The lowest BCUT2D eigenvalue weighted by atomic mass is 10.1. The van der Waals surface area contributed by atoms with Crippen LogP contribution in [0.4, 0.5) is 5.69 Å². The highest BCUT2D eigenvalue weighted by atomic mass is 16.3. The van der Waals surface area contributed by atoms with E-state index in [1.165, 1.54) is 0 Å². The lowest BCUT2D eigenvalue weighted by Crippen LogP contribution is -2.07. The molecule has 1 aromatic heterocycles. The Bertz CT molecular complexity index is 558. The van der Waals surface area contributed by atoms with Crippen LogP contribution in [0.3, 0.4) is 0 Å². The molecular formula is C15H19NO2. The minimum atomic E-state index is 0.0985. The summed E-state index contributed by atoms with van der Waals surface area (Å²) >= 11 is 0. The van der Waals surface area contributed by atoms with Gasteiger partial charge in [-0.15, -0.1) is 0 Å². The fourth-order valence-electron chi connectivity index (χ4n) is 1.95. The topological polar surface area (TPSA) is 45.4 Å². The molecule has 0 saturated carbocycles. The first-order valence-corrected chi connectivity index (χ1v) is 6.10. The summed E-state index contributed by atoms with van der Waals surface area (Å²) < 4.78 is 5.60. The largest absolute Gasteiger partial charge is 0.508 e. The van der Waals surface area contributed by atoms with E-state index >= 15 is 0 Å². The highest BCUT2D eigenvalue weighted by Crippen LogP contribution is 2.28. The first kappa shape index (κ1) is 12.6. The summed E-state index contributed by atoms with van der Waals surface area (Å²) in [4.78, 5) is 0. The highest BCUT2D eigenvalue weighted by Gasteiger charge is 2.11. The third-order valence-corrected chi connectivity index (χ3v) is 3.10. The van der Waals surface area contributed by atoms with Gasteiger partial charge in [0.2, 0.25) is 0 Å². The SMILES string of the molecule is Cc1ccc(C(C)Nc2cc(C)c(O)cc2C)o1. The fraction of sp³-hybridized carbons (Fsp3) is 0.333. The van der Waals surface area contributed by atoms with Crippen LogP contribution in [-0.4, -0.2) is 5.11 Å². The van der Waals surface area contributed by atoms with E-state index in [0.717, 1.165) is 28.3 Å². The van der Waals surface area contributed by atoms with Crippen LogP contribution in [0.2, 0.25) is 0 Å². The van der Waals surface area contributed by atoms with Crippen LogP contribution in [0.1, 0.15) is 35.6 Å². The van der Waals surface area contributed by atoms with Gasteiger partial charge in [-0.3, -0.25) is 0 Å². The molecular weight excluding hydrogens is 226 g/mol. The monoisotopic (exact) mass is 245 g/mol. The van der Waals surface area contributed by atoms with Gasteiger partial charge in [-0.2, -0.15) is 0 Å². The molecule has 0 aliphatic heterocycles. The van der Waals surface area contributed by atoms with E-state index < -0.39 is 0 Å². The molecule has 0 radical (unpaired) electrons. The van der Waals surface area contributed by atoms with Crippen LogP contribution in [0.15, 0.2) is 28.7 Å². The summed E-state index contributed by atoms with van der Waals surface area (Å²) in [6, 6.07) is 7.77. The number of hydrogen-bond donors (Lipinski definition) is 2. The molecule has 1 atom stereocenters. The number of rotatable bonds is 3. The molecule has 0 bridgehead atoms. The summed E-state index contributed by atoms with van der Waals surface area (Å²) in [5.41, 5.74) is 2.91. The molecule has 2 rings (SSSR count). The first-order valence-electron chi connectivity index (χ1n) is 6.10. The lowest BCUT2D eigenvalue weighted by molar-refractivity contribution is 0.466. The van der Waals surface area contributed by atoms with Gasteiger partial charge in [0.1, 0.15) is 17.3 Å². The third-order valence-electron chi connectivity index (χ3n) is 3.10. The van der Waals surface area contributed by atoms with Crippen molar-refractivity contribution in [3.8, 4) is 5.75 Å². The zero-order chi connectivity index (χ0) is 13.3. The van der Waals surface area contributed by atoms with Gasteiger partial charge in [0.25, 0.3) is 0 Å². The lowest BCUT2D eigenvalue weighted by Gasteiger charge is -2.16. The van der Waals surface area contributed by atoms with E-state index in [2.05, 4.69) is 12.2 Å². The minimum Gasteiger partial charge on any atom is -0.508 e. The number of aryl methyl sites for hydroxylation is 3. The Hall–Kier alpha value is -1.90. The van der Waals surface area contributed by atoms with Crippen molar-refractivity contribution in [2.24, 2.45) is 0 Å². The Morgan fingerprint density at radius 2 is 1.83 bits per heavy atom. The van der Waals surface area contributed by atoms with E-state index in [1.807, 2.05) is 39.0 Å². The van der Waals surface area contributed by atoms with Crippen molar-refractivity contribution in [3.63, 3.8) is 0 Å². The van der Waals surface area contributed by atoms with Crippen molar-refractivity contribution in [1.82, 2.24) is 0 Å². The van der Waals surface area contributed by atoms with Gasteiger partial charge in [0.05, 0.1) is 6.04 Å². The predicted molar refractivity (Wildman–Crippen MR) is 73.1 cm³/mol. The Morgan fingerprint density at radius 3 is 2.44 bits per heavy atom. The Balaban J connectivity index is 2.21. The molecule has 1 heterocycles. The van der Waals surface area contributed by atoms with Gasteiger partial charge < -0.3 is 14.8 Å². The molecule has 2 aromatic rings. The van der Waals surface area contributed by atoms with Gasteiger partial charge in [0, 0.05) is 5.69 Å². The standard InChI is InChI=1S/C15H19NO2/c1-9-8-14(17)10(2)7-13(9)16-12(4)15-6-5-11(3)18-15/h5-8,12,16-17H,1-4H3. The molecule has 0 spiro atoms. The molecule has 0 aliphatic carbocycles. The number of nitrogens with one attached hydrogen (secondary N) is 1. The molecule has 1 unspecified atom stereocenters. The second-order valence-electron chi connectivity index (χ2n) is 4.77. The van der Waals surface area contributed by atoms with Crippen LogP contribution in [0.25, 0.3) is 0 Å². The fourth-order valence-corrected chi connectivity index (χ4v) is 1.95. The molecule has 0 saturated heterocycles. The highest BCUT2D eigenvalue weighted by molar-refractivity contribution is 5.57. The van der Waals surface area contributed by atoms with Crippen molar-refractivity contribution in [1.29, 1.82) is 0 Å². The summed E-state index contributed by atoms with van der Waals surface area (Å²) in [5.74, 6) is 2.16. The van der Waals surface area contributed by atoms with Gasteiger partial charge in [0.15, 0.2) is 0 Å². The number of benzene rings is 1. The molecule has 0 aliphatic rings. The van der Waals surface area contributed by atoms with Crippen LogP contribution >= 0.6 is 0 Å². The maximum atomic E-state index is 9.63. The number of phenols is 1. The zero-order valence-corrected chi connectivity index (χ0v) is 11.2. The van der Waals surface area contributed by atoms with Crippen molar-refractivity contribution in [3.05, 3.63) is 46.9 Å². The normalized spacial score (nSPS) is 12.4. The Kier molecular flexibility index (Phi) is 3.32. The smallest absolute Gasteiger partial charge is 0.126 e. The van der Waals surface area contributed by atoms with Gasteiger partial charge >= 0.3 is 0 Å². The maximum absolute atomic E-state index is 9.63. The molecule has 0 fully saturated rings. The molecule has 96 valence electrons. The quantitative estimate of drug-likeness (QED) is 0.801. The number of anilines is 1. The van der Waals surface area contributed by atoms with Crippen molar-refractivity contribution in [2.75, 3.05) is 5.32 Å². The molecule has 0 amide bonds. The third kappa shape index (κ3) is 2.50. The van der Waals surface area contributed by atoms with Gasteiger partial charge in [-0.1, -0.05) is 0 Å². The predicted octanol–water partition coefficient (Wildman–Crippen LogP) is 4.08. The van der Waals surface area contributed by atoms with Crippen LogP contribution < -0.4 is 5.32 Å². The summed E-state index contributed by atoms with van der Waals surface area (Å²) in [6.07, 6.45) is 0. The van der Waals surface area contributed by atoms with Crippen molar-refractivity contribution in [2.45, 2.75) is 33.7 Å². The summed E-state index contributed by atoms with van der Waals surface area (Å²) in [5, 5.41) is 13.0. The van der Waals surface area contributed by atoms with Crippen LogP contribution in [0.5, 0.6) is 5.75 Å². The van der Waals surface area contributed by atoms with Gasteiger partial charge in [-0.25, -0.2) is 0 Å². The second kappa shape index (κ2) is 4.77. The van der Waals surface area contributed by atoms with Crippen LogP contribution in [-0.2, 0) is 0 Å². The molecule has 3 heteroatoms. The average molecular weight is 245 g/mol. The Morgan fingerprint density at radius 1 is 1.11 bits per heavy atom. The minimum absolute atomic E-state index is 0.0985. The summed E-state index contributed by atoms with van der Waals surface area (Å²) in [6.45, 7) is 7.86. The molecule has 3 nitrogen and oxygen atoms in total. The molecule has 18 heavy (non-hydrogen) atoms. The van der Waals surface area contributed by atoms with Gasteiger partial charge in [-0.05, 0) is 63.1 Å². The second-order valence-corrected chi connectivity index (χ2v) is 4.77. The number of furan rings is 1. The maximum Gasteiger partial charge on any atom is 0.126 e. The average Bonchev–Trinajstić information content (AvgIpc) is 2.73. The van der Waals surface area contributed by atoms with Crippen molar-refractivity contribution < 1.29 is 9.52 Å². The Labute approximate surface area is 107 Å². The number of phenolic OH excluding ortho intramolecular Hbond substituents is 1. The van der Waals surface area contributed by atoms with E-state index in [0.29, 0.717) is 5.75 Å². The van der Waals surface area contributed by atoms with E-state index in [1.54, 1.807) is 6.07 Å². The first-order chi connectivity index (χ1) is 8.47. The molecule has 1 aromatic carbocycles. The van der Waals surface area contributed by atoms with E-state index in [-0.39, 0.29) is 6.04 Å². The summed E-state index contributed by atoms with van der Waals surface area (Å²) in [7, 11) is 0. The van der Waals surface area contributed by atoms with E-state index in [9.17, 15) is 5.11 Å². The number of hydrogen-bond acceptors (Lipinski definition) is 3.